The van der Waals surface area contributed by atoms with Gasteiger partial charge in [0.15, 0.2) is 0 Å². The quantitative estimate of drug-likeness (QED) is 0.743. The number of nitrogen functional groups attached to an aromatic ring is 1. The summed E-state index contributed by atoms with van der Waals surface area (Å²) in [6.07, 6.45) is 6.32. The van der Waals surface area contributed by atoms with Crippen LogP contribution in [0.5, 0.6) is 0 Å². The van der Waals surface area contributed by atoms with Gasteiger partial charge in [-0.1, -0.05) is 24.3 Å². The molecule has 3 heteroatoms. The van der Waals surface area contributed by atoms with Crippen molar-refractivity contribution < 1.29 is 0 Å². The Morgan fingerprint density at radius 1 is 0.944 bits per heavy atom. The molecular weight excluding hydrogens is 222 g/mol. The molecule has 3 aromatic rings. The molecule has 3 nitrogen and oxygen atoms in total. The molecule has 0 saturated carbocycles. The second kappa shape index (κ2) is 4.45. The standard InChI is InChI=1S/C15H13N3/c16-15-14-4-2-1-3-13(14)12(10-18-15)9-11-5-7-17-8-6-11/h1-8,10H,9H2,(H2,16,18). The Morgan fingerprint density at radius 2 is 1.67 bits per heavy atom. The van der Waals surface area contributed by atoms with Gasteiger partial charge in [0.1, 0.15) is 5.82 Å². The van der Waals surface area contributed by atoms with Crippen LogP contribution in [0.2, 0.25) is 0 Å². The lowest BCUT2D eigenvalue weighted by molar-refractivity contribution is 1.15. The lowest BCUT2D eigenvalue weighted by Crippen LogP contribution is -1.96. The minimum Gasteiger partial charge on any atom is -0.383 e. The van der Waals surface area contributed by atoms with Crippen molar-refractivity contribution in [2.45, 2.75) is 6.42 Å². The van der Waals surface area contributed by atoms with Gasteiger partial charge < -0.3 is 5.73 Å². The average Bonchev–Trinajstić information content (AvgIpc) is 2.44. The van der Waals surface area contributed by atoms with Crippen molar-refractivity contribution in [1.29, 1.82) is 0 Å². The van der Waals surface area contributed by atoms with Crippen LogP contribution in [0.3, 0.4) is 0 Å². The minimum atomic E-state index is 0.587. The van der Waals surface area contributed by atoms with Gasteiger partial charge in [0.2, 0.25) is 0 Å². The van der Waals surface area contributed by atoms with E-state index in [1.165, 1.54) is 16.5 Å². The molecule has 2 heterocycles. The molecule has 0 spiro atoms. The van der Waals surface area contributed by atoms with Crippen LogP contribution in [0, 0.1) is 0 Å². The van der Waals surface area contributed by atoms with Crippen LogP contribution in [0.4, 0.5) is 5.82 Å². The number of benzene rings is 1. The summed E-state index contributed by atoms with van der Waals surface area (Å²) in [6.45, 7) is 0. The van der Waals surface area contributed by atoms with Crippen molar-refractivity contribution in [2.75, 3.05) is 5.73 Å². The first-order valence-electron chi connectivity index (χ1n) is 5.85. The van der Waals surface area contributed by atoms with Crippen molar-refractivity contribution in [3.63, 3.8) is 0 Å². The number of pyridine rings is 2. The van der Waals surface area contributed by atoms with Crippen LogP contribution in [-0.4, -0.2) is 9.97 Å². The Kier molecular flexibility index (Phi) is 2.65. The Morgan fingerprint density at radius 3 is 2.44 bits per heavy atom. The van der Waals surface area contributed by atoms with Crippen LogP contribution >= 0.6 is 0 Å². The maximum Gasteiger partial charge on any atom is 0.131 e. The fraction of sp³-hybridized carbons (Fsp3) is 0.0667. The van der Waals surface area contributed by atoms with Gasteiger partial charge in [-0.2, -0.15) is 0 Å². The van der Waals surface area contributed by atoms with Gasteiger partial charge in [-0.25, -0.2) is 4.98 Å². The molecule has 0 atom stereocenters. The highest BCUT2D eigenvalue weighted by Crippen LogP contribution is 2.24. The monoisotopic (exact) mass is 235 g/mol. The third-order valence-electron chi connectivity index (χ3n) is 3.05. The van der Waals surface area contributed by atoms with Gasteiger partial charge >= 0.3 is 0 Å². The number of nitrogens with two attached hydrogens (primary N) is 1. The summed E-state index contributed by atoms with van der Waals surface area (Å²) in [4.78, 5) is 8.29. The van der Waals surface area contributed by atoms with Gasteiger partial charge in [0, 0.05) is 24.0 Å². The van der Waals surface area contributed by atoms with Gasteiger partial charge in [-0.15, -0.1) is 0 Å². The van der Waals surface area contributed by atoms with Crippen LogP contribution in [0.15, 0.2) is 55.0 Å². The summed E-state index contributed by atoms with van der Waals surface area (Å²) in [5.41, 5.74) is 8.31. The zero-order valence-corrected chi connectivity index (χ0v) is 9.88. The number of rotatable bonds is 2. The van der Waals surface area contributed by atoms with Gasteiger partial charge in [-0.3, -0.25) is 4.98 Å². The van der Waals surface area contributed by atoms with Gasteiger partial charge in [0.05, 0.1) is 0 Å². The van der Waals surface area contributed by atoms with Crippen molar-refractivity contribution in [3.8, 4) is 0 Å². The van der Waals surface area contributed by atoms with E-state index in [4.69, 9.17) is 5.73 Å². The minimum absolute atomic E-state index is 0.587. The molecule has 0 amide bonds. The molecule has 0 aliphatic rings. The van der Waals surface area contributed by atoms with E-state index >= 15 is 0 Å². The van der Waals surface area contributed by atoms with E-state index in [2.05, 4.69) is 16.0 Å². The first-order chi connectivity index (χ1) is 8.84. The van der Waals surface area contributed by atoms with E-state index in [1.54, 1.807) is 0 Å². The molecule has 2 aromatic heterocycles. The van der Waals surface area contributed by atoms with Gasteiger partial charge in [0.25, 0.3) is 0 Å². The van der Waals surface area contributed by atoms with Crippen LogP contribution < -0.4 is 5.73 Å². The lowest BCUT2D eigenvalue weighted by atomic mass is 10.0. The molecule has 88 valence electrons. The fourth-order valence-corrected chi connectivity index (χ4v) is 2.13. The molecule has 0 fully saturated rings. The molecule has 0 bridgehead atoms. The maximum atomic E-state index is 5.90. The SMILES string of the molecule is Nc1ncc(Cc2ccncc2)c2ccccc12. The molecule has 0 saturated heterocycles. The molecule has 0 unspecified atom stereocenters. The predicted molar refractivity (Wildman–Crippen MR) is 73.2 cm³/mol. The molecule has 2 N–H and O–H groups in total. The highest BCUT2D eigenvalue weighted by atomic mass is 14.8. The van der Waals surface area contributed by atoms with E-state index in [9.17, 15) is 0 Å². The zero-order chi connectivity index (χ0) is 12.4. The average molecular weight is 235 g/mol. The molecule has 0 radical (unpaired) electrons. The third kappa shape index (κ3) is 1.91. The molecule has 3 rings (SSSR count). The highest BCUT2D eigenvalue weighted by molar-refractivity contribution is 5.93. The Balaban J connectivity index is 2.10. The highest BCUT2D eigenvalue weighted by Gasteiger charge is 2.05. The zero-order valence-electron chi connectivity index (χ0n) is 9.88. The molecule has 0 aliphatic heterocycles. The first-order valence-corrected chi connectivity index (χ1v) is 5.85. The van der Waals surface area contributed by atoms with E-state index in [0.717, 1.165) is 11.8 Å². The van der Waals surface area contributed by atoms with Crippen molar-refractivity contribution in [2.24, 2.45) is 0 Å². The lowest BCUT2D eigenvalue weighted by Gasteiger charge is -2.07. The van der Waals surface area contributed by atoms with Gasteiger partial charge in [-0.05, 0) is 35.1 Å². The summed E-state index contributed by atoms with van der Waals surface area (Å²) < 4.78 is 0. The van der Waals surface area contributed by atoms with Crippen molar-refractivity contribution >= 4 is 16.6 Å². The van der Waals surface area contributed by atoms with E-state index in [1.807, 2.05) is 48.9 Å². The van der Waals surface area contributed by atoms with Crippen LogP contribution in [-0.2, 0) is 6.42 Å². The normalized spacial score (nSPS) is 10.7. The summed E-state index contributed by atoms with van der Waals surface area (Å²) >= 11 is 0. The first kappa shape index (κ1) is 10.7. The number of nitrogens with zero attached hydrogens (tertiary/aromatic N) is 2. The number of hydrogen-bond acceptors (Lipinski definition) is 3. The number of fused-ring (bicyclic) bond motifs is 1. The predicted octanol–water partition coefficient (Wildman–Crippen LogP) is 2.80. The molecular formula is C15H13N3. The summed E-state index contributed by atoms with van der Waals surface area (Å²) in [5, 5.41) is 2.19. The Hall–Kier alpha value is -2.42. The number of hydrogen-bond donors (Lipinski definition) is 1. The van der Waals surface area contributed by atoms with Crippen LogP contribution in [0.25, 0.3) is 10.8 Å². The summed E-state index contributed by atoms with van der Waals surface area (Å²) in [6, 6.07) is 12.1. The van der Waals surface area contributed by atoms with Crippen LogP contribution in [0.1, 0.15) is 11.1 Å². The van der Waals surface area contributed by atoms with E-state index in [0.29, 0.717) is 5.82 Å². The molecule has 18 heavy (non-hydrogen) atoms. The summed E-state index contributed by atoms with van der Waals surface area (Å²) in [5.74, 6) is 0.587. The second-order valence-corrected chi connectivity index (χ2v) is 4.25. The second-order valence-electron chi connectivity index (χ2n) is 4.25. The third-order valence-corrected chi connectivity index (χ3v) is 3.05. The Labute approximate surface area is 105 Å². The smallest absolute Gasteiger partial charge is 0.131 e. The summed E-state index contributed by atoms with van der Waals surface area (Å²) in [7, 11) is 0. The Bertz CT molecular complexity index is 678. The maximum absolute atomic E-state index is 5.90. The molecule has 0 aliphatic carbocycles. The van der Waals surface area contributed by atoms with Crippen molar-refractivity contribution in [1.82, 2.24) is 9.97 Å². The number of anilines is 1. The number of aromatic nitrogens is 2. The van der Waals surface area contributed by atoms with Crippen molar-refractivity contribution in [3.05, 3.63) is 66.1 Å². The molecule has 1 aromatic carbocycles. The fourth-order valence-electron chi connectivity index (χ4n) is 2.13. The van der Waals surface area contributed by atoms with E-state index in [-0.39, 0.29) is 0 Å². The largest absolute Gasteiger partial charge is 0.383 e. The topological polar surface area (TPSA) is 51.8 Å². The van der Waals surface area contributed by atoms with E-state index < -0.39 is 0 Å².